The molecule has 0 spiro atoms. The average molecular weight is 279 g/mol. The summed E-state index contributed by atoms with van der Waals surface area (Å²) in [5.74, 6) is 0.123. The van der Waals surface area contributed by atoms with Gasteiger partial charge in [0.2, 0.25) is 5.91 Å². The molecule has 7 heteroatoms. The molecule has 108 valence electrons. The Balaban J connectivity index is 2.04. The van der Waals surface area contributed by atoms with Crippen LogP contribution in [0.1, 0.15) is 19.8 Å². The van der Waals surface area contributed by atoms with Crippen LogP contribution in [0, 0.1) is 10.1 Å². The van der Waals surface area contributed by atoms with Gasteiger partial charge >= 0.3 is 0 Å². The maximum absolute atomic E-state index is 11.7. The monoisotopic (exact) mass is 279 g/mol. The standard InChI is InChI=1S/C13H17N3O4/c1-2-20-10-5-6-11(12(7-10)16(18)19)15-13(17)8-14-9-3-4-9/h5-7,9,14H,2-4,8H2,1H3,(H,15,17). The lowest BCUT2D eigenvalue weighted by Crippen LogP contribution is -2.29. The largest absolute Gasteiger partial charge is 0.494 e. The third-order valence-corrected chi connectivity index (χ3v) is 2.88. The molecular weight excluding hydrogens is 262 g/mol. The van der Waals surface area contributed by atoms with Gasteiger partial charge in [0.25, 0.3) is 5.69 Å². The molecule has 2 N–H and O–H groups in total. The molecule has 1 aromatic carbocycles. The van der Waals surface area contributed by atoms with Crippen molar-refractivity contribution >= 4 is 17.3 Å². The number of amides is 1. The molecule has 1 aliphatic carbocycles. The number of carbonyl (C=O) groups excluding carboxylic acids is 1. The van der Waals surface area contributed by atoms with Crippen LogP contribution in [0.4, 0.5) is 11.4 Å². The van der Waals surface area contributed by atoms with E-state index in [0.717, 1.165) is 12.8 Å². The van der Waals surface area contributed by atoms with Crippen molar-refractivity contribution in [1.82, 2.24) is 5.32 Å². The van der Waals surface area contributed by atoms with E-state index in [1.807, 2.05) is 0 Å². The molecule has 1 aromatic rings. The first kappa shape index (κ1) is 14.3. The Hall–Kier alpha value is -2.15. The number of benzene rings is 1. The maximum Gasteiger partial charge on any atom is 0.296 e. The van der Waals surface area contributed by atoms with Crippen LogP contribution in [-0.4, -0.2) is 30.0 Å². The van der Waals surface area contributed by atoms with E-state index in [2.05, 4.69) is 10.6 Å². The van der Waals surface area contributed by atoms with Gasteiger partial charge in [0, 0.05) is 6.04 Å². The molecule has 0 atom stereocenters. The van der Waals surface area contributed by atoms with Gasteiger partial charge in [-0.25, -0.2) is 0 Å². The average Bonchev–Trinajstić information content (AvgIpc) is 3.22. The SMILES string of the molecule is CCOc1ccc(NC(=O)CNC2CC2)c([N+](=O)[O-])c1. The fraction of sp³-hybridized carbons (Fsp3) is 0.462. The molecule has 2 rings (SSSR count). The van der Waals surface area contributed by atoms with Crippen LogP contribution in [-0.2, 0) is 4.79 Å². The molecule has 20 heavy (non-hydrogen) atoms. The number of anilines is 1. The van der Waals surface area contributed by atoms with Gasteiger partial charge < -0.3 is 15.4 Å². The Bertz CT molecular complexity index is 514. The number of nitrogens with zero attached hydrogens (tertiary/aromatic N) is 1. The van der Waals surface area contributed by atoms with Gasteiger partial charge in [-0.15, -0.1) is 0 Å². The van der Waals surface area contributed by atoms with Gasteiger partial charge in [-0.3, -0.25) is 14.9 Å². The van der Waals surface area contributed by atoms with E-state index in [-0.39, 0.29) is 23.8 Å². The first-order valence-corrected chi connectivity index (χ1v) is 6.54. The van der Waals surface area contributed by atoms with E-state index in [0.29, 0.717) is 18.4 Å². The Morgan fingerprint density at radius 2 is 2.25 bits per heavy atom. The van der Waals surface area contributed by atoms with Gasteiger partial charge in [-0.05, 0) is 31.9 Å². The summed E-state index contributed by atoms with van der Waals surface area (Å²) < 4.78 is 5.21. The lowest BCUT2D eigenvalue weighted by atomic mass is 10.2. The van der Waals surface area contributed by atoms with Gasteiger partial charge in [0.15, 0.2) is 0 Å². The minimum Gasteiger partial charge on any atom is -0.494 e. The van der Waals surface area contributed by atoms with Crippen molar-refractivity contribution in [2.75, 3.05) is 18.5 Å². The minimum absolute atomic E-state index is 0.162. The van der Waals surface area contributed by atoms with Gasteiger partial charge in [-0.1, -0.05) is 0 Å². The van der Waals surface area contributed by atoms with Crippen LogP contribution in [0.15, 0.2) is 18.2 Å². The summed E-state index contributed by atoms with van der Waals surface area (Å²) in [6.45, 7) is 2.38. The highest BCUT2D eigenvalue weighted by molar-refractivity contribution is 5.94. The molecule has 1 amide bonds. The smallest absolute Gasteiger partial charge is 0.296 e. The topological polar surface area (TPSA) is 93.5 Å². The maximum atomic E-state index is 11.7. The van der Waals surface area contributed by atoms with E-state index < -0.39 is 4.92 Å². The molecule has 0 heterocycles. The third kappa shape index (κ3) is 3.92. The fourth-order valence-corrected chi connectivity index (χ4v) is 1.74. The summed E-state index contributed by atoms with van der Waals surface area (Å²) in [5.41, 5.74) is 0.0109. The van der Waals surface area contributed by atoms with Gasteiger partial charge in [0.05, 0.1) is 24.1 Å². The van der Waals surface area contributed by atoms with Crippen molar-refractivity contribution in [2.24, 2.45) is 0 Å². The van der Waals surface area contributed by atoms with Crippen LogP contribution in [0.3, 0.4) is 0 Å². The summed E-state index contributed by atoms with van der Waals surface area (Å²) >= 11 is 0. The number of nitro benzene ring substituents is 1. The van der Waals surface area contributed by atoms with Crippen LogP contribution < -0.4 is 15.4 Å². The van der Waals surface area contributed by atoms with E-state index in [1.54, 1.807) is 13.0 Å². The Morgan fingerprint density at radius 1 is 1.50 bits per heavy atom. The summed E-state index contributed by atoms with van der Waals surface area (Å²) in [4.78, 5) is 22.2. The summed E-state index contributed by atoms with van der Waals surface area (Å²) in [6, 6.07) is 4.81. The van der Waals surface area contributed by atoms with E-state index in [4.69, 9.17) is 4.74 Å². The molecule has 1 aliphatic rings. The minimum atomic E-state index is -0.535. The second kappa shape index (κ2) is 6.33. The van der Waals surface area contributed by atoms with Crippen LogP contribution in [0.25, 0.3) is 0 Å². The normalized spacial score (nSPS) is 13.8. The number of ether oxygens (including phenoxy) is 1. The molecule has 0 bridgehead atoms. The lowest BCUT2D eigenvalue weighted by molar-refractivity contribution is -0.384. The van der Waals surface area contributed by atoms with E-state index in [9.17, 15) is 14.9 Å². The fourth-order valence-electron chi connectivity index (χ4n) is 1.74. The molecule has 0 radical (unpaired) electrons. The van der Waals surface area contributed by atoms with E-state index in [1.165, 1.54) is 12.1 Å². The van der Waals surface area contributed by atoms with Crippen molar-refractivity contribution in [1.29, 1.82) is 0 Å². The van der Waals surface area contributed by atoms with Gasteiger partial charge in [-0.2, -0.15) is 0 Å². The molecule has 1 saturated carbocycles. The molecule has 0 saturated heterocycles. The van der Waals surface area contributed by atoms with Crippen molar-refractivity contribution in [2.45, 2.75) is 25.8 Å². The second-order valence-corrected chi connectivity index (χ2v) is 4.57. The molecule has 7 nitrogen and oxygen atoms in total. The Kier molecular flexibility index (Phi) is 4.52. The first-order chi connectivity index (χ1) is 9.60. The summed E-state index contributed by atoms with van der Waals surface area (Å²) in [6.07, 6.45) is 2.16. The highest BCUT2D eigenvalue weighted by atomic mass is 16.6. The number of hydrogen-bond acceptors (Lipinski definition) is 5. The van der Waals surface area contributed by atoms with Crippen molar-refractivity contribution in [3.05, 3.63) is 28.3 Å². The number of rotatable bonds is 7. The van der Waals surface area contributed by atoms with Crippen LogP contribution in [0.5, 0.6) is 5.75 Å². The molecule has 0 unspecified atom stereocenters. The third-order valence-electron chi connectivity index (χ3n) is 2.88. The van der Waals surface area contributed by atoms with Crippen molar-refractivity contribution in [3.8, 4) is 5.75 Å². The Morgan fingerprint density at radius 3 is 2.85 bits per heavy atom. The predicted octanol–water partition coefficient (Wildman–Crippen LogP) is 1.68. The predicted molar refractivity (Wildman–Crippen MR) is 73.9 cm³/mol. The summed E-state index contributed by atoms with van der Waals surface area (Å²) in [5, 5.41) is 16.6. The van der Waals surface area contributed by atoms with Crippen LogP contribution in [0.2, 0.25) is 0 Å². The lowest BCUT2D eigenvalue weighted by Gasteiger charge is -2.08. The van der Waals surface area contributed by atoms with E-state index >= 15 is 0 Å². The Labute approximate surface area is 116 Å². The molecule has 1 fully saturated rings. The number of nitro groups is 1. The first-order valence-electron chi connectivity index (χ1n) is 6.54. The zero-order valence-corrected chi connectivity index (χ0v) is 11.2. The molecule has 0 aromatic heterocycles. The van der Waals surface area contributed by atoms with Gasteiger partial charge in [0.1, 0.15) is 11.4 Å². The quantitative estimate of drug-likeness (QED) is 0.585. The van der Waals surface area contributed by atoms with Crippen molar-refractivity contribution in [3.63, 3.8) is 0 Å². The highest BCUT2D eigenvalue weighted by Gasteiger charge is 2.22. The molecule has 0 aliphatic heterocycles. The molecular formula is C13H17N3O4. The number of nitrogens with one attached hydrogen (secondary N) is 2. The zero-order chi connectivity index (χ0) is 14.5. The second-order valence-electron chi connectivity index (χ2n) is 4.57. The zero-order valence-electron chi connectivity index (χ0n) is 11.2. The number of hydrogen-bond donors (Lipinski definition) is 2. The summed E-state index contributed by atoms with van der Waals surface area (Å²) in [7, 11) is 0. The highest BCUT2D eigenvalue weighted by Crippen LogP contribution is 2.29. The van der Waals surface area contributed by atoms with Crippen LogP contribution >= 0.6 is 0 Å². The number of carbonyl (C=O) groups is 1. The van der Waals surface area contributed by atoms with Crippen molar-refractivity contribution < 1.29 is 14.5 Å².